The molecule has 1 aromatic carbocycles. The number of imidazole rings is 1. The van der Waals surface area contributed by atoms with Crippen molar-refractivity contribution in [1.82, 2.24) is 19.9 Å². The molecule has 8 heteroatoms. The molecule has 0 radical (unpaired) electrons. The third-order valence-electron chi connectivity index (χ3n) is 4.34. The lowest BCUT2D eigenvalue weighted by Gasteiger charge is -2.26. The maximum Gasteiger partial charge on any atom is 0.306 e. The normalized spacial score (nSPS) is 14.7. The van der Waals surface area contributed by atoms with Gasteiger partial charge in [0, 0.05) is 24.3 Å². The lowest BCUT2D eigenvalue weighted by atomic mass is 10.1. The summed E-state index contributed by atoms with van der Waals surface area (Å²) in [7, 11) is 0. The van der Waals surface area contributed by atoms with E-state index in [1.165, 1.54) is 6.42 Å². The Hall–Kier alpha value is -2.67. The van der Waals surface area contributed by atoms with E-state index >= 15 is 0 Å². The quantitative estimate of drug-likeness (QED) is 0.705. The van der Waals surface area contributed by atoms with Crippen molar-refractivity contribution < 1.29 is 9.78 Å². The Balaban J connectivity index is 1.54. The third kappa shape index (κ3) is 3.28. The Morgan fingerprint density at radius 1 is 1.16 bits per heavy atom. The number of nitrogens with one attached hydrogen (secondary N) is 3. The van der Waals surface area contributed by atoms with Gasteiger partial charge in [-0.15, -0.1) is 0 Å². The highest BCUT2D eigenvalue weighted by atomic mass is 35.5. The fraction of sp³-hybridized carbons (Fsp3) is 0.294. The van der Waals surface area contributed by atoms with Gasteiger partial charge in [-0.3, -0.25) is 9.78 Å². The maximum atomic E-state index is 12.5. The smallest absolute Gasteiger partial charge is 0.306 e. The van der Waals surface area contributed by atoms with Crippen molar-refractivity contribution in [2.24, 2.45) is 0 Å². The number of hydrogen-bond acceptors (Lipinski definition) is 4. The Labute approximate surface area is 149 Å². The van der Waals surface area contributed by atoms with E-state index in [1.807, 2.05) is 29.2 Å². The van der Waals surface area contributed by atoms with E-state index in [-0.39, 0.29) is 11.2 Å². The number of rotatable bonds is 3. The minimum absolute atomic E-state index is 0.0951. The summed E-state index contributed by atoms with van der Waals surface area (Å²) in [5.41, 5.74) is 2.88. The minimum Gasteiger partial charge on any atom is -0.339 e. The monoisotopic (exact) mass is 357 g/mol. The first-order valence-electron chi connectivity index (χ1n) is 8.29. The van der Waals surface area contributed by atoms with Gasteiger partial charge in [-0.25, -0.2) is 4.98 Å². The summed E-state index contributed by atoms with van der Waals surface area (Å²) < 4.78 is 0. The molecule has 128 valence electrons. The topological polar surface area (TPSA) is 88.0 Å². The van der Waals surface area contributed by atoms with Crippen LogP contribution in [-0.2, 0) is 0 Å². The van der Waals surface area contributed by atoms with Crippen LogP contribution in [0.1, 0.15) is 29.6 Å². The van der Waals surface area contributed by atoms with Crippen molar-refractivity contribution in [3.8, 4) is 0 Å². The molecule has 25 heavy (non-hydrogen) atoms. The van der Waals surface area contributed by atoms with Crippen molar-refractivity contribution in [3.05, 3.63) is 41.4 Å². The number of piperidine rings is 1. The van der Waals surface area contributed by atoms with E-state index < -0.39 is 0 Å². The first kappa shape index (κ1) is 15.8. The van der Waals surface area contributed by atoms with Crippen molar-refractivity contribution in [2.75, 3.05) is 18.4 Å². The van der Waals surface area contributed by atoms with Gasteiger partial charge in [0.05, 0.1) is 0 Å². The number of fused-ring (bicyclic) bond motifs is 1. The van der Waals surface area contributed by atoms with Gasteiger partial charge in [-0.05, 0) is 55.1 Å². The predicted octanol–water partition coefficient (Wildman–Crippen LogP) is 2.80. The van der Waals surface area contributed by atoms with Crippen LogP contribution >= 0.6 is 11.6 Å². The fourth-order valence-corrected chi connectivity index (χ4v) is 3.22. The molecule has 4 rings (SSSR count). The van der Waals surface area contributed by atoms with Crippen LogP contribution in [0.5, 0.6) is 0 Å². The van der Waals surface area contributed by atoms with Gasteiger partial charge < -0.3 is 10.2 Å². The molecule has 3 heterocycles. The molecule has 1 saturated heterocycles. The summed E-state index contributed by atoms with van der Waals surface area (Å²) in [5, 5.41) is 3.36. The van der Waals surface area contributed by atoms with Crippen LogP contribution in [0.3, 0.4) is 0 Å². The second kappa shape index (κ2) is 6.68. The van der Waals surface area contributed by atoms with E-state index in [2.05, 4.69) is 25.3 Å². The molecule has 3 aromatic rings. The summed E-state index contributed by atoms with van der Waals surface area (Å²) >= 11 is 5.95. The first-order valence-corrected chi connectivity index (χ1v) is 8.67. The van der Waals surface area contributed by atoms with E-state index in [0.717, 1.165) is 37.1 Å². The largest absolute Gasteiger partial charge is 0.339 e. The zero-order valence-corrected chi connectivity index (χ0v) is 14.3. The SMILES string of the molecule is O=C(c1ccc(Nc2nc(Cl)nc3[nH+]c[nH]c23)cc1)N1CCCCC1. The van der Waals surface area contributed by atoms with Crippen molar-refractivity contribution in [2.45, 2.75) is 19.3 Å². The number of halogens is 1. The average Bonchev–Trinajstić information content (AvgIpc) is 3.11. The van der Waals surface area contributed by atoms with E-state index in [0.29, 0.717) is 17.0 Å². The zero-order chi connectivity index (χ0) is 17.2. The summed E-state index contributed by atoms with van der Waals surface area (Å²) in [6, 6.07) is 7.40. The van der Waals surface area contributed by atoms with Gasteiger partial charge in [0.25, 0.3) is 5.91 Å². The van der Waals surface area contributed by atoms with Crippen LogP contribution in [0, 0.1) is 0 Å². The average molecular weight is 358 g/mol. The van der Waals surface area contributed by atoms with Gasteiger partial charge in [0.2, 0.25) is 5.52 Å². The molecule has 7 nitrogen and oxygen atoms in total. The number of amides is 1. The number of likely N-dealkylation sites (tertiary alicyclic amines) is 1. The number of aromatic nitrogens is 4. The number of H-pyrrole nitrogens is 2. The Kier molecular flexibility index (Phi) is 4.23. The highest BCUT2D eigenvalue weighted by molar-refractivity contribution is 6.28. The summed E-state index contributed by atoms with van der Waals surface area (Å²) in [4.78, 5) is 28.8. The predicted molar refractivity (Wildman–Crippen MR) is 94.9 cm³/mol. The Morgan fingerprint density at radius 2 is 1.92 bits per heavy atom. The molecular formula is C17H18ClN6O+. The van der Waals surface area contributed by atoms with Crippen molar-refractivity contribution in [1.29, 1.82) is 0 Å². The second-order valence-electron chi connectivity index (χ2n) is 6.05. The molecule has 1 aliphatic rings. The molecule has 0 saturated carbocycles. The van der Waals surface area contributed by atoms with Crippen LogP contribution in [0.15, 0.2) is 30.6 Å². The number of nitrogens with zero attached hydrogens (tertiary/aromatic N) is 3. The molecule has 1 fully saturated rings. The number of carbonyl (C=O) groups is 1. The number of benzene rings is 1. The molecular weight excluding hydrogens is 340 g/mol. The van der Waals surface area contributed by atoms with E-state index in [4.69, 9.17) is 11.6 Å². The zero-order valence-electron chi connectivity index (χ0n) is 13.6. The number of hydrogen-bond donors (Lipinski definition) is 2. The van der Waals surface area contributed by atoms with Gasteiger partial charge >= 0.3 is 10.9 Å². The first-order chi connectivity index (χ1) is 12.2. The summed E-state index contributed by atoms with van der Waals surface area (Å²) in [6.45, 7) is 1.69. The lowest BCUT2D eigenvalue weighted by Crippen LogP contribution is -2.35. The van der Waals surface area contributed by atoms with Crippen LogP contribution in [0.4, 0.5) is 11.5 Å². The Morgan fingerprint density at radius 3 is 2.68 bits per heavy atom. The van der Waals surface area contributed by atoms with Crippen molar-refractivity contribution >= 4 is 40.2 Å². The highest BCUT2D eigenvalue weighted by Gasteiger charge is 2.18. The van der Waals surface area contributed by atoms with Gasteiger partial charge in [-0.1, -0.05) is 4.98 Å². The van der Waals surface area contributed by atoms with Crippen molar-refractivity contribution in [3.63, 3.8) is 0 Å². The van der Waals surface area contributed by atoms with Gasteiger partial charge in [0.1, 0.15) is 0 Å². The Bertz CT molecular complexity index is 901. The van der Waals surface area contributed by atoms with Gasteiger partial charge in [0.15, 0.2) is 12.1 Å². The molecule has 0 unspecified atom stereocenters. The fourth-order valence-electron chi connectivity index (χ4n) is 3.05. The molecule has 0 atom stereocenters. The van der Waals surface area contributed by atoms with E-state index in [9.17, 15) is 4.79 Å². The molecule has 2 aromatic heterocycles. The minimum atomic E-state index is 0.0951. The summed E-state index contributed by atoms with van der Waals surface area (Å²) in [6.07, 6.45) is 5.05. The van der Waals surface area contributed by atoms with Crippen LogP contribution in [-0.4, -0.2) is 38.8 Å². The standard InChI is InChI=1S/C17H17ClN6O/c18-17-22-14-13(19-10-20-14)15(23-17)21-12-6-4-11(5-7-12)16(25)24-8-2-1-3-9-24/h4-7,10H,1-3,8-9H2,(H2,19,20,21,22,23)/p+1. The molecule has 1 aliphatic heterocycles. The highest BCUT2D eigenvalue weighted by Crippen LogP contribution is 2.22. The molecule has 3 N–H and O–H groups in total. The van der Waals surface area contributed by atoms with Crippen LogP contribution in [0.25, 0.3) is 11.2 Å². The van der Waals surface area contributed by atoms with Gasteiger partial charge in [-0.2, -0.15) is 4.98 Å². The molecule has 0 aliphatic carbocycles. The summed E-state index contributed by atoms with van der Waals surface area (Å²) in [5.74, 6) is 0.670. The van der Waals surface area contributed by atoms with Crippen LogP contribution in [0.2, 0.25) is 5.28 Å². The van der Waals surface area contributed by atoms with E-state index in [1.54, 1.807) is 6.33 Å². The number of anilines is 2. The maximum absolute atomic E-state index is 12.5. The number of carbonyl (C=O) groups excluding carboxylic acids is 1. The molecule has 0 spiro atoms. The third-order valence-corrected chi connectivity index (χ3v) is 4.51. The number of aromatic amines is 2. The van der Waals surface area contributed by atoms with Crippen LogP contribution < -0.4 is 10.3 Å². The molecule has 1 amide bonds. The lowest BCUT2D eigenvalue weighted by molar-refractivity contribution is -0.347. The molecule has 0 bridgehead atoms. The second-order valence-corrected chi connectivity index (χ2v) is 6.39.